The fourth-order valence-corrected chi connectivity index (χ4v) is 3.17. The van der Waals surface area contributed by atoms with Crippen molar-refractivity contribution < 1.29 is 4.74 Å². The molecule has 0 N–H and O–H groups in total. The van der Waals surface area contributed by atoms with Crippen LogP contribution in [0.15, 0.2) is 0 Å². The summed E-state index contributed by atoms with van der Waals surface area (Å²) in [7, 11) is 0. The van der Waals surface area contributed by atoms with Crippen molar-refractivity contribution >= 4 is 0 Å². The first-order valence-electron chi connectivity index (χ1n) is 7.12. The van der Waals surface area contributed by atoms with Gasteiger partial charge in [0.1, 0.15) is 0 Å². The Morgan fingerprint density at radius 3 is 2.44 bits per heavy atom. The Bertz CT molecular complexity index is 201. The lowest BCUT2D eigenvalue weighted by Crippen LogP contribution is -2.49. The molecule has 0 amide bonds. The van der Waals surface area contributed by atoms with Gasteiger partial charge in [0.15, 0.2) is 0 Å². The van der Waals surface area contributed by atoms with E-state index in [0.717, 1.165) is 6.61 Å². The lowest BCUT2D eigenvalue weighted by molar-refractivity contribution is -0.104. The van der Waals surface area contributed by atoms with Crippen LogP contribution in [0.5, 0.6) is 0 Å². The van der Waals surface area contributed by atoms with Gasteiger partial charge in [-0.1, -0.05) is 20.3 Å². The van der Waals surface area contributed by atoms with Crippen molar-refractivity contribution in [2.45, 2.75) is 58.5 Å². The topological polar surface area (TPSA) is 12.5 Å². The van der Waals surface area contributed by atoms with Crippen molar-refractivity contribution in [1.29, 1.82) is 0 Å². The number of piperidine rings is 1. The van der Waals surface area contributed by atoms with Crippen molar-refractivity contribution in [1.82, 2.24) is 4.90 Å². The first kappa shape index (κ1) is 12.4. The Morgan fingerprint density at radius 2 is 1.88 bits per heavy atom. The molecule has 0 atom stereocenters. The third-order valence-corrected chi connectivity index (χ3v) is 4.54. The number of rotatable bonds is 5. The maximum Gasteiger partial charge on any atom is 0.0585 e. The summed E-state index contributed by atoms with van der Waals surface area (Å²) in [5, 5.41) is 0. The highest BCUT2D eigenvalue weighted by molar-refractivity contribution is 4.97. The SMILES string of the molecule is CCCCOC1CC2(CCN(CC)CC2)C1. The molecule has 0 bridgehead atoms. The van der Waals surface area contributed by atoms with Crippen LogP contribution in [0, 0.1) is 5.41 Å². The highest BCUT2D eigenvalue weighted by Crippen LogP contribution is 2.50. The van der Waals surface area contributed by atoms with E-state index < -0.39 is 0 Å². The molecule has 1 aliphatic carbocycles. The van der Waals surface area contributed by atoms with E-state index in [-0.39, 0.29) is 0 Å². The van der Waals surface area contributed by atoms with E-state index in [1.165, 1.54) is 58.2 Å². The zero-order valence-corrected chi connectivity index (χ0v) is 11.0. The molecule has 2 rings (SSSR count). The van der Waals surface area contributed by atoms with Crippen LogP contribution in [0.4, 0.5) is 0 Å². The van der Waals surface area contributed by atoms with Crippen LogP contribution in [0.3, 0.4) is 0 Å². The zero-order valence-electron chi connectivity index (χ0n) is 11.0. The monoisotopic (exact) mass is 225 g/mol. The van der Waals surface area contributed by atoms with Crippen molar-refractivity contribution in [2.75, 3.05) is 26.2 Å². The average Bonchev–Trinajstić information content (AvgIpc) is 2.28. The van der Waals surface area contributed by atoms with Gasteiger partial charge in [0, 0.05) is 6.61 Å². The molecule has 1 heterocycles. The summed E-state index contributed by atoms with van der Waals surface area (Å²) in [6.07, 6.45) is 8.58. The Labute approximate surface area is 100 Å². The molecule has 2 heteroatoms. The molecule has 2 fully saturated rings. The summed E-state index contributed by atoms with van der Waals surface area (Å²) in [5.74, 6) is 0. The Morgan fingerprint density at radius 1 is 1.19 bits per heavy atom. The molecule has 1 aliphatic heterocycles. The van der Waals surface area contributed by atoms with E-state index in [2.05, 4.69) is 18.7 Å². The van der Waals surface area contributed by atoms with Gasteiger partial charge < -0.3 is 9.64 Å². The number of ether oxygens (including phenoxy) is 1. The van der Waals surface area contributed by atoms with Gasteiger partial charge in [-0.3, -0.25) is 0 Å². The van der Waals surface area contributed by atoms with Crippen LogP contribution in [-0.4, -0.2) is 37.2 Å². The van der Waals surface area contributed by atoms with Gasteiger partial charge in [-0.25, -0.2) is 0 Å². The zero-order chi connectivity index (χ0) is 11.4. The largest absolute Gasteiger partial charge is 0.378 e. The van der Waals surface area contributed by atoms with Crippen molar-refractivity contribution in [3.8, 4) is 0 Å². The van der Waals surface area contributed by atoms with Crippen LogP contribution in [0.25, 0.3) is 0 Å². The normalized spacial score (nSPS) is 25.9. The molecule has 0 aromatic rings. The number of nitrogens with zero attached hydrogens (tertiary/aromatic N) is 1. The molecule has 2 aliphatic rings. The second-order valence-corrected chi connectivity index (χ2v) is 5.69. The number of hydrogen-bond donors (Lipinski definition) is 0. The Balaban J connectivity index is 1.63. The summed E-state index contributed by atoms with van der Waals surface area (Å²) in [5.41, 5.74) is 0.683. The molecular formula is C14H27NO. The number of hydrogen-bond acceptors (Lipinski definition) is 2. The molecule has 0 aromatic carbocycles. The maximum absolute atomic E-state index is 5.89. The predicted octanol–water partition coefficient (Wildman–Crippen LogP) is 3.07. The molecular weight excluding hydrogens is 198 g/mol. The van der Waals surface area contributed by atoms with Crippen LogP contribution in [0.1, 0.15) is 52.4 Å². The lowest BCUT2D eigenvalue weighted by Gasteiger charge is -2.51. The molecule has 0 aromatic heterocycles. The Kier molecular flexibility index (Phi) is 4.26. The Hall–Kier alpha value is -0.0800. The third kappa shape index (κ3) is 2.78. The van der Waals surface area contributed by atoms with Crippen LogP contribution >= 0.6 is 0 Å². The van der Waals surface area contributed by atoms with Gasteiger partial charge in [0.05, 0.1) is 6.10 Å². The molecule has 0 radical (unpaired) electrons. The number of likely N-dealkylation sites (tertiary alicyclic amines) is 1. The van der Waals surface area contributed by atoms with Crippen molar-refractivity contribution in [3.63, 3.8) is 0 Å². The van der Waals surface area contributed by atoms with Crippen LogP contribution in [-0.2, 0) is 4.74 Å². The van der Waals surface area contributed by atoms with Crippen LogP contribution in [0.2, 0.25) is 0 Å². The molecule has 0 unspecified atom stereocenters. The summed E-state index contributed by atoms with van der Waals surface area (Å²) < 4.78 is 5.89. The minimum atomic E-state index is 0.597. The highest BCUT2D eigenvalue weighted by Gasteiger charge is 2.45. The molecule has 2 nitrogen and oxygen atoms in total. The standard InChI is InChI=1S/C14H27NO/c1-3-5-10-16-13-11-14(12-13)6-8-15(4-2)9-7-14/h13H,3-12H2,1-2H3. The van der Waals surface area contributed by atoms with E-state index in [1.54, 1.807) is 0 Å². The van der Waals surface area contributed by atoms with Gasteiger partial charge >= 0.3 is 0 Å². The second-order valence-electron chi connectivity index (χ2n) is 5.69. The van der Waals surface area contributed by atoms with Crippen molar-refractivity contribution in [2.24, 2.45) is 5.41 Å². The first-order chi connectivity index (χ1) is 7.78. The minimum Gasteiger partial charge on any atom is -0.378 e. The average molecular weight is 225 g/mol. The number of unbranched alkanes of at least 4 members (excludes halogenated alkanes) is 1. The summed E-state index contributed by atoms with van der Waals surface area (Å²) in [4.78, 5) is 2.58. The van der Waals surface area contributed by atoms with Gasteiger partial charge in [-0.2, -0.15) is 0 Å². The van der Waals surface area contributed by atoms with E-state index in [9.17, 15) is 0 Å². The lowest BCUT2D eigenvalue weighted by atomic mass is 9.61. The predicted molar refractivity (Wildman–Crippen MR) is 67.7 cm³/mol. The van der Waals surface area contributed by atoms with Crippen molar-refractivity contribution in [3.05, 3.63) is 0 Å². The summed E-state index contributed by atoms with van der Waals surface area (Å²) in [6.45, 7) is 9.35. The minimum absolute atomic E-state index is 0.597. The molecule has 1 saturated carbocycles. The first-order valence-corrected chi connectivity index (χ1v) is 7.12. The molecule has 94 valence electrons. The fraction of sp³-hybridized carbons (Fsp3) is 1.00. The summed E-state index contributed by atoms with van der Waals surface area (Å²) >= 11 is 0. The quantitative estimate of drug-likeness (QED) is 0.667. The smallest absolute Gasteiger partial charge is 0.0585 e. The van der Waals surface area contributed by atoms with E-state index in [1.807, 2.05) is 0 Å². The van der Waals surface area contributed by atoms with Gasteiger partial charge in [0.25, 0.3) is 0 Å². The highest BCUT2D eigenvalue weighted by atomic mass is 16.5. The maximum atomic E-state index is 5.89. The van der Waals surface area contributed by atoms with E-state index in [4.69, 9.17) is 4.74 Å². The van der Waals surface area contributed by atoms with Gasteiger partial charge in [-0.15, -0.1) is 0 Å². The molecule has 1 saturated heterocycles. The fourth-order valence-electron chi connectivity index (χ4n) is 3.17. The van der Waals surface area contributed by atoms with E-state index >= 15 is 0 Å². The van der Waals surface area contributed by atoms with Gasteiger partial charge in [-0.05, 0) is 57.2 Å². The second kappa shape index (κ2) is 5.50. The molecule has 16 heavy (non-hydrogen) atoms. The van der Waals surface area contributed by atoms with Crippen LogP contribution < -0.4 is 0 Å². The van der Waals surface area contributed by atoms with Gasteiger partial charge in [0.2, 0.25) is 0 Å². The third-order valence-electron chi connectivity index (χ3n) is 4.54. The summed E-state index contributed by atoms with van der Waals surface area (Å²) in [6, 6.07) is 0. The van der Waals surface area contributed by atoms with E-state index in [0.29, 0.717) is 11.5 Å². The molecule has 1 spiro atoms.